The molecule has 0 bridgehead atoms. The van der Waals surface area contributed by atoms with E-state index in [1.807, 2.05) is 13.1 Å². The van der Waals surface area contributed by atoms with E-state index in [0.29, 0.717) is 6.54 Å². The first kappa shape index (κ1) is 12.1. The molecule has 1 unspecified atom stereocenters. The van der Waals surface area contributed by atoms with Crippen LogP contribution < -0.4 is 5.73 Å². The normalized spacial score (nSPS) is 12.5. The fourth-order valence-corrected chi connectivity index (χ4v) is 2.01. The number of likely N-dealkylation sites (N-methyl/N-ethyl adjacent to an activating group) is 1. The van der Waals surface area contributed by atoms with Gasteiger partial charge < -0.3 is 10.6 Å². The molecule has 0 fully saturated rings. The van der Waals surface area contributed by atoms with E-state index >= 15 is 0 Å². The molecule has 0 radical (unpaired) electrons. The second-order valence-electron chi connectivity index (χ2n) is 3.66. The van der Waals surface area contributed by atoms with Crippen LogP contribution in [0.15, 0.2) is 6.20 Å². The summed E-state index contributed by atoms with van der Waals surface area (Å²) >= 11 is 1.67. The quantitative estimate of drug-likeness (QED) is 0.827. The number of thiazole rings is 1. The molecule has 1 aromatic rings. The lowest BCUT2D eigenvalue weighted by Gasteiger charge is -2.18. The highest BCUT2D eigenvalue weighted by Crippen LogP contribution is 2.11. The third-order valence-electron chi connectivity index (χ3n) is 2.10. The fraction of sp³-hybridized carbons (Fsp3) is 0.600. The molecule has 5 heteroatoms. The molecule has 0 saturated heterocycles. The molecule has 0 aliphatic carbocycles. The van der Waals surface area contributed by atoms with Crippen LogP contribution in [0.4, 0.5) is 0 Å². The van der Waals surface area contributed by atoms with Crippen molar-refractivity contribution in [3.05, 3.63) is 16.1 Å². The summed E-state index contributed by atoms with van der Waals surface area (Å²) in [6.07, 6.45) is 2.65. The van der Waals surface area contributed by atoms with Gasteiger partial charge in [-0.05, 0) is 13.8 Å². The van der Waals surface area contributed by atoms with Crippen LogP contribution in [0.5, 0.6) is 0 Å². The van der Waals surface area contributed by atoms with Crippen molar-refractivity contribution < 1.29 is 4.79 Å². The number of aromatic nitrogens is 1. The van der Waals surface area contributed by atoms with Gasteiger partial charge >= 0.3 is 0 Å². The Morgan fingerprint density at radius 3 is 2.87 bits per heavy atom. The Labute approximate surface area is 94.1 Å². The molecule has 4 nitrogen and oxygen atoms in total. The second-order valence-corrected chi connectivity index (χ2v) is 4.98. The minimum absolute atomic E-state index is 0.0247. The first-order valence-electron chi connectivity index (χ1n) is 4.92. The van der Waals surface area contributed by atoms with E-state index in [9.17, 15) is 4.79 Å². The number of nitrogens with two attached hydrogens (primary N) is 1. The smallest absolute Gasteiger partial charge is 0.238 e. The molecule has 0 aliphatic rings. The predicted molar refractivity (Wildman–Crippen MR) is 61.8 cm³/mol. The van der Waals surface area contributed by atoms with Gasteiger partial charge in [0.25, 0.3) is 0 Å². The average Bonchev–Trinajstić information content (AvgIpc) is 2.59. The van der Waals surface area contributed by atoms with Gasteiger partial charge in [-0.1, -0.05) is 0 Å². The van der Waals surface area contributed by atoms with Crippen molar-refractivity contribution in [2.24, 2.45) is 5.73 Å². The molecule has 0 aromatic carbocycles. The minimum atomic E-state index is -0.423. The summed E-state index contributed by atoms with van der Waals surface area (Å²) in [5, 5.41) is 1.07. The number of amides is 1. The molecule has 15 heavy (non-hydrogen) atoms. The third kappa shape index (κ3) is 3.60. The van der Waals surface area contributed by atoms with E-state index in [1.165, 1.54) is 4.88 Å². The van der Waals surface area contributed by atoms with Gasteiger partial charge in [-0.3, -0.25) is 4.79 Å². The number of carbonyl (C=O) groups is 1. The number of rotatable bonds is 4. The Morgan fingerprint density at radius 1 is 1.73 bits per heavy atom. The Balaban J connectivity index is 2.40. The lowest BCUT2D eigenvalue weighted by atomic mass is 10.3. The monoisotopic (exact) mass is 227 g/mol. The molecule has 1 aromatic heterocycles. The maximum atomic E-state index is 11.5. The number of hydrogen-bond donors (Lipinski definition) is 1. The van der Waals surface area contributed by atoms with Crippen LogP contribution in [-0.2, 0) is 11.2 Å². The molecule has 84 valence electrons. The molecule has 2 N–H and O–H groups in total. The van der Waals surface area contributed by atoms with Crippen LogP contribution in [0, 0.1) is 6.92 Å². The Hall–Kier alpha value is -0.940. The van der Waals surface area contributed by atoms with Gasteiger partial charge in [-0.15, -0.1) is 11.3 Å². The summed E-state index contributed by atoms with van der Waals surface area (Å²) in [7, 11) is 1.77. The van der Waals surface area contributed by atoms with E-state index in [4.69, 9.17) is 5.73 Å². The Kier molecular flexibility index (Phi) is 4.23. The first-order chi connectivity index (χ1) is 7.00. The zero-order valence-corrected chi connectivity index (χ0v) is 10.2. The summed E-state index contributed by atoms with van der Waals surface area (Å²) < 4.78 is 0. The highest BCUT2D eigenvalue weighted by molar-refractivity contribution is 7.11. The lowest BCUT2D eigenvalue weighted by Crippen LogP contribution is -2.40. The largest absolute Gasteiger partial charge is 0.344 e. The van der Waals surface area contributed by atoms with Crippen LogP contribution in [0.1, 0.15) is 16.8 Å². The van der Waals surface area contributed by atoms with Crippen molar-refractivity contribution in [1.29, 1.82) is 0 Å². The summed E-state index contributed by atoms with van der Waals surface area (Å²) in [4.78, 5) is 18.5. The molecular formula is C10H17N3OS. The van der Waals surface area contributed by atoms with E-state index in [-0.39, 0.29) is 5.91 Å². The molecule has 1 rings (SSSR count). The van der Waals surface area contributed by atoms with Crippen molar-refractivity contribution >= 4 is 17.2 Å². The zero-order valence-electron chi connectivity index (χ0n) is 9.36. The number of hydrogen-bond acceptors (Lipinski definition) is 4. The van der Waals surface area contributed by atoms with E-state index in [0.717, 1.165) is 11.4 Å². The van der Waals surface area contributed by atoms with Crippen LogP contribution in [0.3, 0.4) is 0 Å². The number of aryl methyl sites for hydroxylation is 1. The highest BCUT2D eigenvalue weighted by atomic mass is 32.1. The SMILES string of the molecule is Cc1cnc(CCN(C)C(=O)C(C)N)s1. The van der Waals surface area contributed by atoms with Gasteiger partial charge in [0.2, 0.25) is 5.91 Å². The van der Waals surface area contributed by atoms with Crippen LogP contribution >= 0.6 is 11.3 Å². The van der Waals surface area contributed by atoms with Crippen molar-refractivity contribution in [2.45, 2.75) is 26.3 Å². The summed E-state index contributed by atoms with van der Waals surface area (Å²) in [6, 6.07) is -0.423. The van der Waals surface area contributed by atoms with Crippen molar-refractivity contribution in [3.63, 3.8) is 0 Å². The van der Waals surface area contributed by atoms with Crippen molar-refractivity contribution in [1.82, 2.24) is 9.88 Å². The van der Waals surface area contributed by atoms with Gasteiger partial charge in [0.1, 0.15) is 0 Å². The third-order valence-corrected chi connectivity index (χ3v) is 3.07. The number of carbonyl (C=O) groups excluding carboxylic acids is 1. The van der Waals surface area contributed by atoms with Crippen LogP contribution in [0.2, 0.25) is 0 Å². The van der Waals surface area contributed by atoms with Gasteiger partial charge in [-0.25, -0.2) is 4.98 Å². The van der Waals surface area contributed by atoms with Crippen molar-refractivity contribution in [2.75, 3.05) is 13.6 Å². The summed E-state index contributed by atoms with van der Waals surface area (Å²) in [5.74, 6) is -0.0247. The average molecular weight is 227 g/mol. The van der Waals surface area contributed by atoms with E-state index < -0.39 is 6.04 Å². The fourth-order valence-electron chi connectivity index (χ4n) is 1.24. The molecular weight excluding hydrogens is 210 g/mol. The number of nitrogens with zero attached hydrogens (tertiary/aromatic N) is 2. The maximum Gasteiger partial charge on any atom is 0.238 e. The molecule has 1 atom stereocenters. The standard InChI is InChI=1S/C10H17N3OS/c1-7-6-12-9(15-7)4-5-13(3)10(14)8(2)11/h6,8H,4-5,11H2,1-3H3. The first-order valence-corrected chi connectivity index (χ1v) is 5.74. The van der Waals surface area contributed by atoms with Gasteiger partial charge in [-0.2, -0.15) is 0 Å². The summed E-state index contributed by atoms with van der Waals surface area (Å²) in [6.45, 7) is 4.40. The van der Waals surface area contributed by atoms with Gasteiger partial charge in [0, 0.05) is 31.1 Å². The highest BCUT2D eigenvalue weighted by Gasteiger charge is 2.13. The maximum absolute atomic E-state index is 11.5. The topological polar surface area (TPSA) is 59.2 Å². The lowest BCUT2D eigenvalue weighted by molar-refractivity contribution is -0.130. The molecule has 0 spiro atoms. The Morgan fingerprint density at radius 2 is 2.40 bits per heavy atom. The van der Waals surface area contributed by atoms with Crippen LogP contribution in [-0.4, -0.2) is 35.4 Å². The van der Waals surface area contributed by atoms with Gasteiger partial charge in [0.05, 0.1) is 11.0 Å². The van der Waals surface area contributed by atoms with E-state index in [1.54, 1.807) is 30.2 Å². The van der Waals surface area contributed by atoms with Gasteiger partial charge in [0.15, 0.2) is 0 Å². The van der Waals surface area contributed by atoms with Crippen LogP contribution in [0.25, 0.3) is 0 Å². The predicted octanol–water partition coefficient (Wildman–Crippen LogP) is 0.800. The summed E-state index contributed by atoms with van der Waals surface area (Å²) in [5.41, 5.74) is 5.51. The Bertz CT molecular complexity index is 335. The second kappa shape index (κ2) is 5.23. The molecule has 1 amide bonds. The zero-order chi connectivity index (χ0) is 11.4. The molecule has 0 aliphatic heterocycles. The molecule has 0 saturated carbocycles. The molecule has 1 heterocycles. The van der Waals surface area contributed by atoms with Crippen molar-refractivity contribution in [3.8, 4) is 0 Å². The van der Waals surface area contributed by atoms with E-state index in [2.05, 4.69) is 4.98 Å². The minimum Gasteiger partial charge on any atom is -0.344 e.